The summed E-state index contributed by atoms with van der Waals surface area (Å²) in [6.07, 6.45) is 0. The van der Waals surface area contributed by atoms with Crippen LogP contribution in [0, 0.1) is 0 Å². The molecule has 0 aliphatic heterocycles. The van der Waals surface area contributed by atoms with Crippen molar-refractivity contribution in [2.45, 2.75) is 5.75 Å². The minimum Gasteiger partial charge on any atom is -0.496 e. The van der Waals surface area contributed by atoms with Crippen LogP contribution in [0.15, 0.2) is 18.2 Å². The molecule has 0 fully saturated rings. The van der Waals surface area contributed by atoms with Crippen molar-refractivity contribution in [2.75, 3.05) is 39.2 Å². The summed E-state index contributed by atoms with van der Waals surface area (Å²) in [5.41, 5.74) is 7.73. The summed E-state index contributed by atoms with van der Waals surface area (Å²) in [7, 11) is 5.86. The van der Waals surface area contributed by atoms with E-state index in [4.69, 9.17) is 10.5 Å². The molecule has 0 radical (unpaired) electrons. The smallest absolute Gasteiger partial charge is 0.123 e. The molecule has 0 aliphatic carbocycles. The molecule has 0 aromatic heterocycles. The Hall–Kier alpha value is -0.870. The fourth-order valence-corrected chi connectivity index (χ4v) is 2.42. The average Bonchev–Trinajstić information content (AvgIpc) is 2.24. The fourth-order valence-electron chi connectivity index (χ4n) is 1.34. The third-order valence-electron chi connectivity index (χ3n) is 2.24. The highest BCUT2D eigenvalue weighted by Gasteiger charge is 2.03. The number of anilines is 1. The summed E-state index contributed by atoms with van der Waals surface area (Å²) in [6, 6.07) is 5.78. The first-order valence-electron chi connectivity index (χ1n) is 5.28. The van der Waals surface area contributed by atoms with Gasteiger partial charge >= 0.3 is 0 Å². The maximum atomic E-state index is 5.76. The lowest BCUT2D eigenvalue weighted by Gasteiger charge is -2.11. The van der Waals surface area contributed by atoms with Crippen LogP contribution in [-0.4, -0.2) is 38.4 Å². The molecule has 16 heavy (non-hydrogen) atoms. The highest BCUT2D eigenvalue weighted by Crippen LogP contribution is 2.25. The molecule has 4 heteroatoms. The molecule has 0 saturated carbocycles. The van der Waals surface area contributed by atoms with E-state index in [2.05, 4.69) is 19.0 Å². The minimum absolute atomic E-state index is 0.795. The normalized spacial score (nSPS) is 10.8. The van der Waals surface area contributed by atoms with Gasteiger partial charge in [0.2, 0.25) is 0 Å². The second kappa shape index (κ2) is 6.66. The Kier molecular flexibility index (Phi) is 5.49. The van der Waals surface area contributed by atoms with Gasteiger partial charge in [0, 0.05) is 29.3 Å². The number of methoxy groups -OCH3 is 1. The molecular weight excluding hydrogens is 220 g/mol. The number of nitrogens with zero attached hydrogens (tertiary/aromatic N) is 1. The Labute approximate surface area is 102 Å². The summed E-state index contributed by atoms with van der Waals surface area (Å²) < 4.78 is 5.30. The summed E-state index contributed by atoms with van der Waals surface area (Å²) >= 11 is 1.90. The van der Waals surface area contributed by atoms with Crippen molar-refractivity contribution in [1.29, 1.82) is 0 Å². The van der Waals surface area contributed by atoms with Crippen LogP contribution in [0.3, 0.4) is 0 Å². The van der Waals surface area contributed by atoms with Gasteiger partial charge in [-0.25, -0.2) is 0 Å². The van der Waals surface area contributed by atoms with Gasteiger partial charge in [-0.1, -0.05) is 0 Å². The zero-order valence-corrected chi connectivity index (χ0v) is 11.0. The molecule has 0 bridgehead atoms. The lowest BCUT2D eigenvalue weighted by molar-refractivity contribution is 0.411. The molecule has 0 spiro atoms. The molecule has 1 rings (SSSR count). The first kappa shape index (κ1) is 13.2. The predicted octanol–water partition coefficient (Wildman–Crippen LogP) is 2.07. The topological polar surface area (TPSA) is 38.5 Å². The van der Waals surface area contributed by atoms with Crippen LogP contribution < -0.4 is 10.5 Å². The van der Waals surface area contributed by atoms with Crippen molar-refractivity contribution >= 4 is 17.4 Å². The van der Waals surface area contributed by atoms with Gasteiger partial charge in [-0.15, -0.1) is 0 Å². The summed E-state index contributed by atoms with van der Waals surface area (Å²) in [5.74, 6) is 2.99. The third kappa shape index (κ3) is 4.33. The second-order valence-electron chi connectivity index (χ2n) is 3.93. The molecule has 2 N–H and O–H groups in total. The van der Waals surface area contributed by atoms with Crippen LogP contribution in [0.4, 0.5) is 5.69 Å². The number of nitrogen functional groups attached to an aromatic ring is 1. The van der Waals surface area contributed by atoms with Crippen LogP contribution in [-0.2, 0) is 5.75 Å². The Morgan fingerprint density at radius 3 is 2.75 bits per heavy atom. The Morgan fingerprint density at radius 1 is 1.38 bits per heavy atom. The molecule has 0 aliphatic rings. The molecule has 90 valence electrons. The zero-order valence-electron chi connectivity index (χ0n) is 10.2. The summed E-state index contributed by atoms with van der Waals surface area (Å²) in [5, 5.41) is 0. The van der Waals surface area contributed by atoms with Crippen LogP contribution in [0.2, 0.25) is 0 Å². The van der Waals surface area contributed by atoms with E-state index in [-0.39, 0.29) is 0 Å². The molecule has 0 saturated heterocycles. The maximum Gasteiger partial charge on any atom is 0.123 e. The van der Waals surface area contributed by atoms with Gasteiger partial charge in [0.15, 0.2) is 0 Å². The molecule has 3 nitrogen and oxygen atoms in total. The fraction of sp³-hybridized carbons (Fsp3) is 0.500. The Balaban J connectivity index is 2.48. The molecule has 0 atom stereocenters. The molecule has 1 aromatic carbocycles. The van der Waals surface area contributed by atoms with Gasteiger partial charge in [0.1, 0.15) is 5.75 Å². The minimum atomic E-state index is 0.795. The largest absolute Gasteiger partial charge is 0.496 e. The molecule has 0 amide bonds. The average molecular weight is 240 g/mol. The number of hydrogen-bond acceptors (Lipinski definition) is 4. The molecule has 0 heterocycles. The van der Waals surface area contributed by atoms with Crippen LogP contribution in [0.25, 0.3) is 0 Å². The lowest BCUT2D eigenvalue weighted by atomic mass is 10.2. The summed E-state index contributed by atoms with van der Waals surface area (Å²) in [4.78, 5) is 2.18. The molecule has 0 unspecified atom stereocenters. The standard InChI is InChI=1S/C12H20N2OS/c1-14(2)6-7-16-9-10-8-11(13)4-5-12(10)15-3/h4-5,8H,6-7,9,13H2,1-3H3. The van der Waals surface area contributed by atoms with Crippen LogP contribution in [0.1, 0.15) is 5.56 Å². The zero-order chi connectivity index (χ0) is 12.0. The number of thioether (sulfide) groups is 1. The highest BCUT2D eigenvalue weighted by molar-refractivity contribution is 7.98. The van der Waals surface area contributed by atoms with E-state index in [0.29, 0.717) is 0 Å². The van der Waals surface area contributed by atoms with E-state index in [9.17, 15) is 0 Å². The van der Waals surface area contributed by atoms with E-state index in [1.807, 2.05) is 30.0 Å². The molecule has 1 aromatic rings. The quantitative estimate of drug-likeness (QED) is 0.610. The van der Waals surface area contributed by atoms with E-state index >= 15 is 0 Å². The van der Waals surface area contributed by atoms with Gasteiger partial charge < -0.3 is 15.4 Å². The van der Waals surface area contributed by atoms with Gasteiger partial charge in [-0.05, 0) is 32.3 Å². The van der Waals surface area contributed by atoms with Gasteiger partial charge in [0.05, 0.1) is 7.11 Å². The maximum absolute atomic E-state index is 5.76. The van der Waals surface area contributed by atoms with Crippen molar-refractivity contribution in [3.8, 4) is 5.75 Å². The first-order chi connectivity index (χ1) is 7.63. The van der Waals surface area contributed by atoms with E-state index in [1.165, 1.54) is 5.56 Å². The van der Waals surface area contributed by atoms with E-state index < -0.39 is 0 Å². The van der Waals surface area contributed by atoms with Crippen molar-refractivity contribution in [2.24, 2.45) is 0 Å². The second-order valence-corrected chi connectivity index (χ2v) is 5.03. The lowest BCUT2D eigenvalue weighted by Crippen LogP contribution is -2.14. The number of benzene rings is 1. The predicted molar refractivity (Wildman–Crippen MR) is 72.1 cm³/mol. The summed E-state index contributed by atoms with van der Waals surface area (Å²) in [6.45, 7) is 1.09. The van der Waals surface area contributed by atoms with Crippen LogP contribution >= 0.6 is 11.8 Å². The van der Waals surface area contributed by atoms with Crippen LogP contribution in [0.5, 0.6) is 5.75 Å². The van der Waals surface area contributed by atoms with Gasteiger partial charge in [0.25, 0.3) is 0 Å². The van der Waals surface area contributed by atoms with Crippen molar-refractivity contribution in [3.05, 3.63) is 23.8 Å². The first-order valence-corrected chi connectivity index (χ1v) is 6.44. The number of ether oxygens (including phenoxy) is 1. The number of hydrogen-bond donors (Lipinski definition) is 1. The van der Waals surface area contributed by atoms with E-state index in [1.54, 1.807) is 7.11 Å². The third-order valence-corrected chi connectivity index (χ3v) is 3.23. The SMILES string of the molecule is COc1ccc(N)cc1CSCCN(C)C. The highest BCUT2D eigenvalue weighted by atomic mass is 32.2. The Bertz CT molecular complexity index is 329. The van der Waals surface area contributed by atoms with Gasteiger partial charge in [-0.3, -0.25) is 0 Å². The van der Waals surface area contributed by atoms with E-state index in [0.717, 1.165) is 29.5 Å². The Morgan fingerprint density at radius 2 is 2.12 bits per heavy atom. The number of nitrogens with two attached hydrogens (primary N) is 1. The van der Waals surface area contributed by atoms with Crippen molar-refractivity contribution in [3.63, 3.8) is 0 Å². The molecular formula is C12H20N2OS. The number of rotatable bonds is 6. The van der Waals surface area contributed by atoms with Crippen molar-refractivity contribution < 1.29 is 4.74 Å². The van der Waals surface area contributed by atoms with Crippen molar-refractivity contribution in [1.82, 2.24) is 4.90 Å². The van der Waals surface area contributed by atoms with Gasteiger partial charge in [-0.2, -0.15) is 11.8 Å². The monoisotopic (exact) mass is 240 g/mol.